The van der Waals surface area contributed by atoms with Gasteiger partial charge in [0.2, 0.25) is 0 Å². The SMILES string of the molecule is CCOC(=O)C1=C(C)NC2=C(C(=O)C[C@H](c3ccc(OC)c(OC)c3)C2)[C@@H]1c1cc(OC)c(OC)cc1Br. The monoisotopic (exact) mass is 585 g/mol. The number of hydrogen-bond donors (Lipinski definition) is 1. The van der Waals surface area contributed by atoms with Crippen molar-refractivity contribution in [1.29, 1.82) is 0 Å². The summed E-state index contributed by atoms with van der Waals surface area (Å²) >= 11 is 3.65. The van der Waals surface area contributed by atoms with E-state index in [1.165, 1.54) is 0 Å². The summed E-state index contributed by atoms with van der Waals surface area (Å²) in [4.78, 5) is 27.1. The van der Waals surface area contributed by atoms with Crippen molar-refractivity contribution in [3.8, 4) is 23.0 Å². The van der Waals surface area contributed by atoms with Crippen LogP contribution in [0.25, 0.3) is 0 Å². The standard InChI is InChI=1S/C29H32BrNO7/c1-7-38-29(33)26-15(2)31-20-10-17(16-8-9-22(34-3)23(12-16)35-4)11-21(32)28(20)27(26)18-13-24(36-5)25(37-6)14-19(18)30/h8-9,12-14,17,27,31H,7,10-11H2,1-6H3/t17-,27-/m1/s1. The molecular formula is C29H32BrNO7. The molecular weight excluding hydrogens is 554 g/mol. The summed E-state index contributed by atoms with van der Waals surface area (Å²) in [5, 5.41) is 3.37. The number of nitrogens with one attached hydrogen (secondary N) is 1. The highest BCUT2D eigenvalue weighted by Gasteiger charge is 2.42. The number of methoxy groups -OCH3 is 4. The van der Waals surface area contributed by atoms with Gasteiger partial charge in [0.05, 0.1) is 40.6 Å². The number of ether oxygens (including phenoxy) is 5. The fourth-order valence-corrected chi connectivity index (χ4v) is 5.81. The number of benzene rings is 2. The number of carbonyl (C=O) groups excluding carboxylic acids is 2. The first-order valence-electron chi connectivity index (χ1n) is 12.3. The van der Waals surface area contributed by atoms with Crippen LogP contribution in [0.5, 0.6) is 23.0 Å². The van der Waals surface area contributed by atoms with E-state index in [0.29, 0.717) is 50.7 Å². The first-order chi connectivity index (χ1) is 18.3. The fourth-order valence-electron chi connectivity index (χ4n) is 5.26. The van der Waals surface area contributed by atoms with Crippen molar-refractivity contribution in [2.75, 3.05) is 35.0 Å². The fraction of sp³-hybridized carbons (Fsp3) is 0.379. The van der Waals surface area contributed by atoms with Crippen LogP contribution in [0.2, 0.25) is 0 Å². The Labute approximate surface area is 231 Å². The van der Waals surface area contributed by atoms with Gasteiger partial charge in [-0.05, 0) is 61.6 Å². The van der Waals surface area contributed by atoms with Crippen LogP contribution < -0.4 is 24.3 Å². The third kappa shape index (κ3) is 4.99. The highest BCUT2D eigenvalue weighted by molar-refractivity contribution is 9.10. The van der Waals surface area contributed by atoms with Crippen molar-refractivity contribution in [3.05, 3.63) is 68.5 Å². The Balaban J connectivity index is 1.84. The predicted octanol–water partition coefficient (Wildman–Crippen LogP) is 5.41. The third-order valence-electron chi connectivity index (χ3n) is 7.02. The highest BCUT2D eigenvalue weighted by atomic mass is 79.9. The minimum absolute atomic E-state index is 0.0421. The number of allylic oxidation sites excluding steroid dienone is 3. The molecule has 2 atom stereocenters. The maximum Gasteiger partial charge on any atom is 0.336 e. The molecule has 0 saturated carbocycles. The molecule has 2 aliphatic rings. The van der Waals surface area contributed by atoms with Gasteiger partial charge in [0.1, 0.15) is 0 Å². The van der Waals surface area contributed by atoms with Gasteiger partial charge in [0.15, 0.2) is 28.8 Å². The molecule has 0 spiro atoms. The molecule has 1 aliphatic heterocycles. The number of esters is 1. The van der Waals surface area contributed by atoms with E-state index in [4.69, 9.17) is 23.7 Å². The van der Waals surface area contributed by atoms with E-state index in [2.05, 4.69) is 21.2 Å². The van der Waals surface area contributed by atoms with Gasteiger partial charge in [-0.15, -0.1) is 0 Å². The van der Waals surface area contributed by atoms with E-state index < -0.39 is 11.9 Å². The number of ketones is 1. The molecule has 202 valence electrons. The summed E-state index contributed by atoms with van der Waals surface area (Å²) in [6.45, 7) is 3.81. The van der Waals surface area contributed by atoms with Crippen LogP contribution in [0.3, 0.4) is 0 Å². The Hall–Kier alpha value is -3.46. The Morgan fingerprint density at radius 3 is 2.21 bits per heavy atom. The van der Waals surface area contributed by atoms with E-state index in [1.807, 2.05) is 31.2 Å². The lowest BCUT2D eigenvalue weighted by Gasteiger charge is -2.37. The van der Waals surface area contributed by atoms with Gasteiger partial charge in [-0.25, -0.2) is 4.79 Å². The van der Waals surface area contributed by atoms with Crippen molar-refractivity contribution >= 4 is 27.7 Å². The van der Waals surface area contributed by atoms with Crippen LogP contribution in [-0.4, -0.2) is 46.8 Å². The van der Waals surface area contributed by atoms with Crippen LogP contribution in [0, 0.1) is 0 Å². The van der Waals surface area contributed by atoms with E-state index >= 15 is 0 Å². The topological polar surface area (TPSA) is 92.3 Å². The summed E-state index contributed by atoms with van der Waals surface area (Å²) in [6, 6.07) is 9.32. The minimum atomic E-state index is -0.640. The Bertz CT molecular complexity index is 1330. The van der Waals surface area contributed by atoms with Crippen LogP contribution in [-0.2, 0) is 14.3 Å². The van der Waals surface area contributed by atoms with Gasteiger partial charge in [0.25, 0.3) is 0 Å². The molecule has 0 unspecified atom stereocenters. The lowest BCUT2D eigenvalue weighted by atomic mass is 9.71. The van der Waals surface area contributed by atoms with E-state index in [0.717, 1.165) is 16.8 Å². The summed E-state index contributed by atoms with van der Waals surface area (Å²) in [5.41, 5.74) is 4.09. The van der Waals surface area contributed by atoms with Crippen molar-refractivity contribution in [2.24, 2.45) is 0 Å². The van der Waals surface area contributed by atoms with E-state index in [1.54, 1.807) is 41.4 Å². The summed E-state index contributed by atoms with van der Waals surface area (Å²) in [5.74, 6) is 1.06. The number of rotatable bonds is 8. The summed E-state index contributed by atoms with van der Waals surface area (Å²) < 4.78 is 28.0. The molecule has 2 aromatic carbocycles. The maximum atomic E-state index is 13.9. The van der Waals surface area contributed by atoms with Crippen molar-refractivity contribution in [1.82, 2.24) is 5.32 Å². The molecule has 9 heteroatoms. The second-order valence-corrected chi connectivity index (χ2v) is 9.94. The van der Waals surface area contributed by atoms with Crippen LogP contribution in [0.4, 0.5) is 0 Å². The Morgan fingerprint density at radius 2 is 1.58 bits per heavy atom. The average Bonchev–Trinajstić information content (AvgIpc) is 2.91. The lowest BCUT2D eigenvalue weighted by molar-refractivity contribution is -0.138. The average molecular weight is 586 g/mol. The summed E-state index contributed by atoms with van der Waals surface area (Å²) in [6.07, 6.45) is 0.873. The van der Waals surface area contributed by atoms with Gasteiger partial charge in [0, 0.05) is 33.8 Å². The van der Waals surface area contributed by atoms with E-state index in [-0.39, 0.29) is 24.7 Å². The first kappa shape index (κ1) is 27.6. The molecule has 0 amide bonds. The Kier molecular flexibility index (Phi) is 8.35. The number of hydrogen-bond acceptors (Lipinski definition) is 8. The second kappa shape index (κ2) is 11.5. The quantitative estimate of drug-likeness (QED) is 0.411. The highest BCUT2D eigenvalue weighted by Crippen LogP contribution is 2.49. The molecule has 0 radical (unpaired) electrons. The smallest absolute Gasteiger partial charge is 0.336 e. The van der Waals surface area contributed by atoms with Crippen LogP contribution >= 0.6 is 15.9 Å². The molecule has 4 rings (SSSR count). The minimum Gasteiger partial charge on any atom is -0.493 e. The van der Waals surface area contributed by atoms with Gasteiger partial charge < -0.3 is 29.0 Å². The van der Waals surface area contributed by atoms with Gasteiger partial charge >= 0.3 is 5.97 Å². The van der Waals surface area contributed by atoms with Crippen molar-refractivity contribution < 1.29 is 33.3 Å². The van der Waals surface area contributed by atoms with Crippen LogP contribution in [0.15, 0.2) is 57.3 Å². The van der Waals surface area contributed by atoms with Crippen LogP contribution in [0.1, 0.15) is 49.7 Å². The second-order valence-electron chi connectivity index (χ2n) is 9.08. The van der Waals surface area contributed by atoms with E-state index in [9.17, 15) is 9.59 Å². The zero-order valence-corrected chi connectivity index (χ0v) is 24.0. The molecule has 1 N–H and O–H groups in total. The third-order valence-corrected chi connectivity index (χ3v) is 7.70. The largest absolute Gasteiger partial charge is 0.493 e. The summed E-state index contributed by atoms with van der Waals surface area (Å²) in [7, 11) is 6.29. The number of dihydropyridines is 1. The number of carbonyl (C=O) groups is 2. The molecule has 0 fully saturated rings. The number of halogens is 1. The zero-order chi connectivity index (χ0) is 27.6. The molecule has 38 heavy (non-hydrogen) atoms. The molecule has 2 aromatic rings. The molecule has 0 saturated heterocycles. The van der Waals surface area contributed by atoms with Gasteiger partial charge in [-0.2, -0.15) is 0 Å². The molecule has 8 nitrogen and oxygen atoms in total. The zero-order valence-electron chi connectivity index (χ0n) is 22.4. The first-order valence-corrected chi connectivity index (χ1v) is 13.1. The maximum absolute atomic E-state index is 13.9. The molecule has 0 aromatic heterocycles. The van der Waals surface area contributed by atoms with Gasteiger partial charge in [-0.3, -0.25) is 4.79 Å². The molecule has 1 aliphatic carbocycles. The lowest BCUT2D eigenvalue weighted by Crippen LogP contribution is -2.36. The van der Waals surface area contributed by atoms with Crippen molar-refractivity contribution in [3.63, 3.8) is 0 Å². The molecule has 0 bridgehead atoms. The normalized spacial score (nSPS) is 19.0. The Morgan fingerprint density at radius 1 is 0.947 bits per heavy atom. The number of Topliss-reactive ketones (excluding diaryl/α,β-unsaturated/α-hetero) is 1. The predicted molar refractivity (Wildman–Crippen MR) is 146 cm³/mol. The molecule has 1 heterocycles. The van der Waals surface area contributed by atoms with Crippen molar-refractivity contribution in [2.45, 2.75) is 38.5 Å². The van der Waals surface area contributed by atoms with Gasteiger partial charge in [-0.1, -0.05) is 22.0 Å².